The SMILES string of the molecule is CC(=O)N[C@H]1[C@H](OCCCCCCC(=O)COCCOCCCC(=O)CCC(C)(C)C(C)C)O[C@H](COC(C)=O)[C@H](OC(C)=O)[C@@H]1OC(C)=O. The first-order valence-corrected chi connectivity index (χ1v) is 17.7. The van der Waals surface area contributed by atoms with Crippen molar-refractivity contribution in [2.24, 2.45) is 11.3 Å². The molecule has 0 radical (unpaired) electrons. The predicted molar refractivity (Wildman–Crippen MR) is 182 cm³/mol. The lowest BCUT2D eigenvalue weighted by molar-refractivity contribution is -0.277. The first-order chi connectivity index (χ1) is 23.5. The molecule has 0 aromatic rings. The third-order valence-electron chi connectivity index (χ3n) is 8.69. The Morgan fingerprint density at radius 2 is 1.32 bits per heavy atom. The summed E-state index contributed by atoms with van der Waals surface area (Å²) in [6.45, 7) is 14.7. The molecule has 1 rings (SSSR count). The van der Waals surface area contributed by atoms with Crippen molar-refractivity contribution in [3.63, 3.8) is 0 Å². The van der Waals surface area contributed by atoms with Crippen LogP contribution in [0.1, 0.15) is 113 Å². The Kier molecular flexibility index (Phi) is 21.9. The molecule has 0 bridgehead atoms. The van der Waals surface area contributed by atoms with Gasteiger partial charge in [0, 0.05) is 60.2 Å². The van der Waals surface area contributed by atoms with Gasteiger partial charge in [-0.05, 0) is 37.0 Å². The molecule has 1 aliphatic heterocycles. The molecule has 1 N–H and O–H groups in total. The Balaban J connectivity index is 2.36. The van der Waals surface area contributed by atoms with Crippen molar-refractivity contribution in [1.29, 1.82) is 0 Å². The van der Waals surface area contributed by atoms with E-state index in [0.29, 0.717) is 64.3 Å². The fourth-order valence-electron chi connectivity index (χ4n) is 5.14. The van der Waals surface area contributed by atoms with Crippen molar-refractivity contribution >= 4 is 35.4 Å². The average Bonchev–Trinajstić information content (AvgIpc) is 3.01. The molecule has 5 atom stereocenters. The number of unbranched alkanes of at least 4 members (excludes halogenated alkanes) is 3. The van der Waals surface area contributed by atoms with Crippen LogP contribution in [-0.2, 0) is 61.9 Å². The Morgan fingerprint density at radius 3 is 1.94 bits per heavy atom. The van der Waals surface area contributed by atoms with Crippen LogP contribution in [0.25, 0.3) is 0 Å². The van der Waals surface area contributed by atoms with E-state index in [4.69, 9.17) is 33.2 Å². The third-order valence-corrected chi connectivity index (χ3v) is 8.69. The smallest absolute Gasteiger partial charge is 0.303 e. The van der Waals surface area contributed by atoms with Crippen LogP contribution in [0.3, 0.4) is 0 Å². The van der Waals surface area contributed by atoms with Crippen LogP contribution < -0.4 is 5.32 Å². The zero-order valence-corrected chi connectivity index (χ0v) is 31.4. The summed E-state index contributed by atoms with van der Waals surface area (Å²) in [5.74, 6) is -1.61. The van der Waals surface area contributed by atoms with Gasteiger partial charge in [-0.3, -0.25) is 28.8 Å². The van der Waals surface area contributed by atoms with E-state index in [-0.39, 0.29) is 36.8 Å². The van der Waals surface area contributed by atoms with E-state index in [1.54, 1.807) is 0 Å². The quantitative estimate of drug-likeness (QED) is 0.0772. The highest BCUT2D eigenvalue weighted by Crippen LogP contribution is 2.32. The number of rotatable bonds is 26. The Labute approximate surface area is 297 Å². The molecule has 1 aliphatic rings. The van der Waals surface area contributed by atoms with Crippen molar-refractivity contribution in [3.8, 4) is 0 Å². The first kappa shape index (κ1) is 45.1. The third kappa shape index (κ3) is 19.5. The molecule has 1 amide bonds. The van der Waals surface area contributed by atoms with E-state index in [1.165, 1.54) is 27.7 Å². The average molecular weight is 716 g/mol. The zero-order chi connectivity index (χ0) is 37.7. The number of ether oxygens (including phenoxy) is 7. The maximum absolute atomic E-state index is 12.2. The molecule has 1 fully saturated rings. The number of esters is 3. The van der Waals surface area contributed by atoms with E-state index in [0.717, 1.165) is 19.3 Å². The number of amides is 1. The molecule has 0 saturated carbocycles. The molecule has 1 heterocycles. The number of carbonyl (C=O) groups excluding carboxylic acids is 6. The van der Waals surface area contributed by atoms with Gasteiger partial charge in [0.25, 0.3) is 0 Å². The van der Waals surface area contributed by atoms with Gasteiger partial charge in [0.1, 0.15) is 31.1 Å². The van der Waals surface area contributed by atoms with Gasteiger partial charge in [-0.2, -0.15) is 0 Å². The Hall–Kier alpha value is -2.94. The van der Waals surface area contributed by atoms with Crippen LogP contribution in [0.5, 0.6) is 0 Å². The Bertz CT molecular complexity index is 1080. The van der Waals surface area contributed by atoms with Crippen LogP contribution in [0.4, 0.5) is 0 Å². The second kappa shape index (κ2) is 24.3. The summed E-state index contributed by atoms with van der Waals surface area (Å²) in [5.41, 5.74) is 0.155. The standard InChI is InChI=1S/C36H61NO13/c1-24(2)36(7,8)17-16-29(42)15-13-18-44-20-21-45-22-30(43)14-11-9-10-12-19-46-35-32(37-25(3)38)34(49-28(6)41)33(48-27(5)40)31(50-35)23-47-26(4)39/h24,31-35H,9-23H2,1-8H3,(H,37,38)/t31-,32-,33+,34-,35-/m1/s1. The maximum atomic E-state index is 12.2. The van der Waals surface area contributed by atoms with Gasteiger partial charge in [0.2, 0.25) is 5.91 Å². The van der Waals surface area contributed by atoms with E-state index in [9.17, 15) is 28.8 Å². The molecular formula is C36H61NO13. The predicted octanol–water partition coefficient (Wildman–Crippen LogP) is 4.02. The van der Waals surface area contributed by atoms with Gasteiger partial charge in [-0.25, -0.2) is 0 Å². The molecule has 288 valence electrons. The van der Waals surface area contributed by atoms with Gasteiger partial charge in [-0.1, -0.05) is 40.5 Å². The lowest BCUT2D eigenvalue weighted by atomic mass is 9.77. The highest BCUT2D eigenvalue weighted by Gasteiger charge is 2.51. The summed E-state index contributed by atoms with van der Waals surface area (Å²) >= 11 is 0. The topological polar surface area (TPSA) is 179 Å². The number of Topliss-reactive ketones (excluding diaryl/α,β-unsaturated/α-hetero) is 2. The Morgan fingerprint density at radius 1 is 0.700 bits per heavy atom. The van der Waals surface area contributed by atoms with Crippen LogP contribution in [0, 0.1) is 11.3 Å². The van der Waals surface area contributed by atoms with Crippen LogP contribution >= 0.6 is 0 Å². The first-order valence-electron chi connectivity index (χ1n) is 17.7. The van der Waals surface area contributed by atoms with Gasteiger partial charge >= 0.3 is 17.9 Å². The van der Waals surface area contributed by atoms with E-state index < -0.39 is 54.5 Å². The lowest BCUT2D eigenvalue weighted by Gasteiger charge is -2.44. The van der Waals surface area contributed by atoms with Gasteiger partial charge < -0.3 is 38.5 Å². The molecule has 0 aliphatic carbocycles. The van der Waals surface area contributed by atoms with E-state index in [1.807, 2.05) is 0 Å². The van der Waals surface area contributed by atoms with Gasteiger partial charge in [0.15, 0.2) is 24.3 Å². The molecule has 14 nitrogen and oxygen atoms in total. The summed E-state index contributed by atoms with van der Waals surface area (Å²) in [7, 11) is 0. The van der Waals surface area contributed by atoms with Crippen molar-refractivity contribution in [2.45, 2.75) is 144 Å². The van der Waals surface area contributed by atoms with Crippen LogP contribution in [0.15, 0.2) is 0 Å². The van der Waals surface area contributed by atoms with Crippen molar-refractivity contribution in [1.82, 2.24) is 5.32 Å². The summed E-state index contributed by atoms with van der Waals surface area (Å²) in [6, 6.07) is -1.02. The normalized spacial score (nSPS) is 20.6. The zero-order valence-electron chi connectivity index (χ0n) is 31.4. The lowest BCUT2D eigenvalue weighted by Crippen LogP contribution is -2.66. The fourth-order valence-corrected chi connectivity index (χ4v) is 5.14. The molecule has 0 aromatic carbocycles. The number of hydrogen-bond acceptors (Lipinski definition) is 13. The van der Waals surface area contributed by atoms with Crippen molar-refractivity contribution in [2.75, 3.05) is 39.6 Å². The highest BCUT2D eigenvalue weighted by atomic mass is 16.7. The molecular weight excluding hydrogens is 654 g/mol. The fraction of sp³-hybridized carbons (Fsp3) is 0.833. The number of ketones is 2. The second-order valence-corrected chi connectivity index (χ2v) is 13.7. The molecule has 0 spiro atoms. The van der Waals surface area contributed by atoms with E-state index >= 15 is 0 Å². The number of carbonyl (C=O) groups is 6. The largest absolute Gasteiger partial charge is 0.463 e. The second-order valence-electron chi connectivity index (χ2n) is 13.7. The minimum Gasteiger partial charge on any atom is -0.463 e. The van der Waals surface area contributed by atoms with Crippen LogP contribution in [-0.4, -0.2) is 106 Å². The maximum Gasteiger partial charge on any atom is 0.303 e. The number of hydrogen-bond donors (Lipinski definition) is 1. The van der Waals surface area contributed by atoms with Crippen LogP contribution in [0.2, 0.25) is 0 Å². The van der Waals surface area contributed by atoms with Gasteiger partial charge in [0.05, 0.1) is 13.2 Å². The molecule has 1 saturated heterocycles. The summed E-state index contributed by atoms with van der Waals surface area (Å²) in [5, 5.41) is 2.66. The minimum atomic E-state index is -1.18. The van der Waals surface area contributed by atoms with Gasteiger partial charge in [-0.15, -0.1) is 0 Å². The molecule has 50 heavy (non-hydrogen) atoms. The summed E-state index contributed by atoms with van der Waals surface area (Å²) < 4.78 is 38.8. The van der Waals surface area contributed by atoms with E-state index in [2.05, 4.69) is 33.0 Å². The molecule has 14 heteroatoms. The monoisotopic (exact) mass is 715 g/mol. The summed E-state index contributed by atoms with van der Waals surface area (Å²) in [6.07, 6.45) is 1.37. The number of nitrogens with one attached hydrogen (secondary N) is 1. The highest BCUT2D eigenvalue weighted by molar-refractivity contribution is 5.79. The van der Waals surface area contributed by atoms with Crippen molar-refractivity contribution < 1.29 is 61.9 Å². The summed E-state index contributed by atoms with van der Waals surface area (Å²) in [4.78, 5) is 71.7. The molecule has 0 unspecified atom stereocenters. The minimum absolute atomic E-state index is 0.00240. The molecule has 0 aromatic heterocycles. The van der Waals surface area contributed by atoms with Crippen molar-refractivity contribution in [3.05, 3.63) is 0 Å².